The van der Waals surface area contributed by atoms with Crippen LogP contribution in [0.3, 0.4) is 0 Å². The Morgan fingerprint density at radius 1 is 1.36 bits per heavy atom. The van der Waals surface area contributed by atoms with E-state index >= 15 is 0 Å². The van der Waals surface area contributed by atoms with Crippen molar-refractivity contribution in [2.45, 2.75) is 30.8 Å². The van der Waals surface area contributed by atoms with Gasteiger partial charge in [0.2, 0.25) is 0 Å². The van der Waals surface area contributed by atoms with Crippen molar-refractivity contribution in [2.75, 3.05) is 14.2 Å². The first kappa shape index (κ1) is 8.93. The van der Waals surface area contributed by atoms with Crippen molar-refractivity contribution in [1.29, 1.82) is 0 Å². The van der Waals surface area contributed by atoms with Gasteiger partial charge in [0.1, 0.15) is 6.10 Å². The SMILES string of the molecule is CN[C@@H]1C[C@H](OC)[C@@H](O)[C@H]1O. The molecule has 0 aromatic carbocycles. The topological polar surface area (TPSA) is 61.7 Å². The van der Waals surface area contributed by atoms with Crippen molar-refractivity contribution in [3.8, 4) is 0 Å². The van der Waals surface area contributed by atoms with Gasteiger partial charge in [-0.25, -0.2) is 0 Å². The van der Waals surface area contributed by atoms with Crippen molar-refractivity contribution in [2.24, 2.45) is 0 Å². The minimum absolute atomic E-state index is 0.0463. The molecule has 1 aliphatic carbocycles. The normalized spacial score (nSPS) is 44.7. The standard InChI is InChI=1S/C7H15NO3/c1-8-4-3-5(11-2)7(10)6(4)9/h4-10H,3H2,1-2H3/t4-,5+,6+,7-/m1/s1. The predicted octanol–water partition coefficient (Wildman–Crippen LogP) is -1.29. The van der Waals surface area contributed by atoms with Crippen molar-refractivity contribution < 1.29 is 14.9 Å². The van der Waals surface area contributed by atoms with Crippen LogP contribution >= 0.6 is 0 Å². The molecule has 0 unspecified atom stereocenters. The first-order chi connectivity index (χ1) is 5.20. The molecule has 1 aliphatic rings. The molecule has 0 aliphatic heterocycles. The molecule has 4 nitrogen and oxygen atoms in total. The largest absolute Gasteiger partial charge is 0.389 e. The third-order valence-corrected chi connectivity index (χ3v) is 2.30. The number of likely N-dealkylation sites (N-methyl/N-ethyl adjacent to an activating group) is 1. The molecule has 4 atom stereocenters. The third-order valence-electron chi connectivity index (χ3n) is 2.30. The van der Waals surface area contributed by atoms with E-state index in [1.807, 2.05) is 0 Å². The van der Waals surface area contributed by atoms with E-state index in [-0.39, 0.29) is 12.1 Å². The molecule has 0 radical (unpaired) electrons. The predicted molar refractivity (Wildman–Crippen MR) is 40.3 cm³/mol. The van der Waals surface area contributed by atoms with Gasteiger partial charge in [-0.2, -0.15) is 0 Å². The second kappa shape index (κ2) is 3.49. The summed E-state index contributed by atoms with van der Waals surface area (Å²) in [6.45, 7) is 0. The highest BCUT2D eigenvalue weighted by Gasteiger charge is 2.40. The Bertz CT molecular complexity index is 113. The van der Waals surface area contributed by atoms with Gasteiger partial charge in [-0.15, -0.1) is 0 Å². The van der Waals surface area contributed by atoms with Crippen LogP contribution < -0.4 is 5.32 Å². The zero-order chi connectivity index (χ0) is 8.43. The van der Waals surface area contributed by atoms with E-state index in [1.54, 1.807) is 14.2 Å². The first-order valence-electron chi connectivity index (χ1n) is 3.77. The molecule has 1 saturated carbocycles. The fourth-order valence-electron chi connectivity index (χ4n) is 1.51. The van der Waals surface area contributed by atoms with Gasteiger partial charge in [-0.1, -0.05) is 0 Å². The molecular weight excluding hydrogens is 146 g/mol. The van der Waals surface area contributed by atoms with Gasteiger partial charge in [-0.05, 0) is 13.5 Å². The summed E-state index contributed by atoms with van der Waals surface area (Å²) in [5.41, 5.74) is 0. The molecule has 0 spiro atoms. The van der Waals surface area contributed by atoms with Crippen LogP contribution in [0.2, 0.25) is 0 Å². The Labute approximate surface area is 66.2 Å². The quantitative estimate of drug-likeness (QED) is 0.472. The summed E-state index contributed by atoms with van der Waals surface area (Å²) in [5.74, 6) is 0. The number of hydrogen-bond donors (Lipinski definition) is 3. The molecule has 0 saturated heterocycles. The Balaban J connectivity index is 2.53. The Morgan fingerprint density at radius 3 is 2.27 bits per heavy atom. The lowest BCUT2D eigenvalue weighted by Crippen LogP contribution is -2.38. The van der Waals surface area contributed by atoms with Crippen molar-refractivity contribution in [3.63, 3.8) is 0 Å². The first-order valence-corrected chi connectivity index (χ1v) is 3.77. The molecule has 1 fully saturated rings. The van der Waals surface area contributed by atoms with Crippen molar-refractivity contribution in [1.82, 2.24) is 5.32 Å². The van der Waals surface area contributed by atoms with E-state index in [9.17, 15) is 10.2 Å². The van der Waals surface area contributed by atoms with Gasteiger partial charge >= 0.3 is 0 Å². The fraction of sp³-hybridized carbons (Fsp3) is 1.00. The lowest BCUT2D eigenvalue weighted by Gasteiger charge is -2.15. The Hall–Kier alpha value is -0.160. The van der Waals surface area contributed by atoms with Crippen LogP contribution in [0.1, 0.15) is 6.42 Å². The van der Waals surface area contributed by atoms with Crippen LogP contribution in [0.15, 0.2) is 0 Å². The van der Waals surface area contributed by atoms with Gasteiger partial charge in [-0.3, -0.25) is 0 Å². The molecule has 0 aromatic rings. The van der Waals surface area contributed by atoms with E-state index in [1.165, 1.54) is 0 Å². The van der Waals surface area contributed by atoms with Crippen LogP contribution in [0.25, 0.3) is 0 Å². The molecule has 0 amide bonds. The smallest absolute Gasteiger partial charge is 0.108 e. The molecule has 66 valence electrons. The second-order valence-corrected chi connectivity index (χ2v) is 2.89. The Kier molecular flexibility index (Phi) is 2.84. The molecule has 11 heavy (non-hydrogen) atoms. The van der Waals surface area contributed by atoms with Gasteiger partial charge in [0.15, 0.2) is 0 Å². The number of aliphatic hydroxyl groups is 2. The summed E-state index contributed by atoms with van der Waals surface area (Å²) in [6.07, 6.45) is -1.03. The maximum Gasteiger partial charge on any atom is 0.108 e. The average Bonchev–Trinajstić information content (AvgIpc) is 2.30. The number of ether oxygens (including phenoxy) is 1. The number of aliphatic hydroxyl groups excluding tert-OH is 2. The molecule has 0 bridgehead atoms. The van der Waals surface area contributed by atoms with Crippen LogP contribution in [-0.2, 0) is 4.74 Å². The van der Waals surface area contributed by atoms with Crippen LogP contribution in [0, 0.1) is 0 Å². The zero-order valence-electron chi connectivity index (χ0n) is 6.82. The van der Waals surface area contributed by atoms with Crippen LogP contribution in [0.4, 0.5) is 0 Å². The van der Waals surface area contributed by atoms with Gasteiger partial charge in [0.25, 0.3) is 0 Å². The number of hydrogen-bond acceptors (Lipinski definition) is 4. The summed E-state index contributed by atoms with van der Waals surface area (Å²) < 4.78 is 4.98. The van der Waals surface area contributed by atoms with E-state index in [0.717, 1.165) is 0 Å². The minimum atomic E-state index is -0.752. The third kappa shape index (κ3) is 1.54. The van der Waals surface area contributed by atoms with Crippen molar-refractivity contribution in [3.05, 3.63) is 0 Å². The summed E-state index contributed by atoms with van der Waals surface area (Å²) in [4.78, 5) is 0. The number of methoxy groups -OCH3 is 1. The highest BCUT2D eigenvalue weighted by molar-refractivity contribution is 4.95. The lowest BCUT2D eigenvalue weighted by molar-refractivity contribution is -0.0388. The molecule has 0 heterocycles. The summed E-state index contributed by atoms with van der Waals surface area (Å²) >= 11 is 0. The van der Waals surface area contributed by atoms with Crippen molar-refractivity contribution >= 4 is 0 Å². The highest BCUT2D eigenvalue weighted by Crippen LogP contribution is 2.22. The van der Waals surface area contributed by atoms with Crippen LogP contribution in [-0.4, -0.2) is 48.7 Å². The summed E-state index contributed by atoms with van der Waals surface area (Å²) in [7, 11) is 3.30. The van der Waals surface area contributed by atoms with Gasteiger partial charge < -0.3 is 20.3 Å². The molecular formula is C7H15NO3. The van der Waals surface area contributed by atoms with Crippen LogP contribution in [0.5, 0.6) is 0 Å². The molecule has 0 aromatic heterocycles. The zero-order valence-corrected chi connectivity index (χ0v) is 6.82. The maximum atomic E-state index is 9.37. The number of rotatable bonds is 2. The molecule has 3 N–H and O–H groups in total. The number of nitrogens with one attached hydrogen (secondary N) is 1. The molecule has 4 heteroatoms. The molecule has 1 rings (SSSR count). The van der Waals surface area contributed by atoms with E-state index < -0.39 is 12.2 Å². The van der Waals surface area contributed by atoms with E-state index in [2.05, 4.69) is 5.32 Å². The lowest BCUT2D eigenvalue weighted by atomic mass is 10.2. The Morgan fingerprint density at radius 2 is 2.00 bits per heavy atom. The fourth-order valence-corrected chi connectivity index (χ4v) is 1.51. The maximum absolute atomic E-state index is 9.37. The highest BCUT2D eigenvalue weighted by atomic mass is 16.5. The van der Waals surface area contributed by atoms with Gasteiger partial charge in [0.05, 0.1) is 12.2 Å². The van der Waals surface area contributed by atoms with E-state index in [4.69, 9.17) is 4.74 Å². The second-order valence-electron chi connectivity index (χ2n) is 2.89. The summed E-state index contributed by atoms with van der Waals surface area (Å²) in [6, 6.07) is -0.0463. The van der Waals surface area contributed by atoms with Gasteiger partial charge in [0, 0.05) is 13.2 Å². The monoisotopic (exact) mass is 161 g/mol. The summed E-state index contributed by atoms with van der Waals surface area (Å²) in [5, 5.41) is 21.6. The van der Waals surface area contributed by atoms with E-state index in [0.29, 0.717) is 6.42 Å². The average molecular weight is 161 g/mol. The minimum Gasteiger partial charge on any atom is -0.389 e.